The van der Waals surface area contributed by atoms with Crippen LogP contribution in [0, 0.1) is 0 Å². The van der Waals surface area contributed by atoms with Crippen molar-refractivity contribution in [2.75, 3.05) is 7.11 Å². The molecule has 0 saturated carbocycles. The van der Waals surface area contributed by atoms with Gasteiger partial charge in [0.15, 0.2) is 5.17 Å². The molecule has 8 heteroatoms. The van der Waals surface area contributed by atoms with Crippen molar-refractivity contribution in [2.45, 2.75) is 0 Å². The summed E-state index contributed by atoms with van der Waals surface area (Å²) in [6.07, 6.45) is 3.20. The van der Waals surface area contributed by atoms with Crippen LogP contribution >= 0.6 is 35.0 Å². The minimum Gasteiger partial charge on any atom is -0.496 e. The van der Waals surface area contributed by atoms with Crippen LogP contribution in [0.3, 0.4) is 0 Å². The van der Waals surface area contributed by atoms with Crippen LogP contribution in [0.1, 0.15) is 11.1 Å². The average molecular weight is 406 g/mol. The van der Waals surface area contributed by atoms with E-state index in [-0.39, 0.29) is 5.91 Å². The molecule has 0 aromatic heterocycles. The van der Waals surface area contributed by atoms with Crippen LogP contribution in [0.15, 0.2) is 57.6 Å². The van der Waals surface area contributed by atoms with Gasteiger partial charge in [0, 0.05) is 11.1 Å². The second-order valence-corrected chi connectivity index (χ2v) is 6.94. The number of carbonyl (C=O) groups is 1. The van der Waals surface area contributed by atoms with E-state index in [9.17, 15) is 4.79 Å². The van der Waals surface area contributed by atoms with Crippen LogP contribution in [0.25, 0.3) is 6.08 Å². The van der Waals surface area contributed by atoms with E-state index in [1.165, 1.54) is 18.0 Å². The Labute approximate surface area is 164 Å². The normalized spacial score (nSPS) is 17.3. The molecule has 0 spiro atoms. The van der Waals surface area contributed by atoms with Crippen LogP contribution in [0.5, 0.6) is 5.75 Å². The molecule has 0 unspecified atom stereocenters. The number of para-hydroxylation sites is 1. The minimum atomic E-state index is -0.245. The largest absolute Gasteiger partial charge is 0.496 e. The molecule has 5 nitrogen and oxygen atoms in total. The van der Waals surface area contributed by atoms with Gasteiger partial charge in [-0.25, -0.2) is 0 Å². The van der Waals surface area contributed by atoms with Gasteiger partial charge >= 0.3 is 0 Å². The van der Waals surface area contributed by atoms with Crippen LogP contribution in [-0.2, 0) is 4.79 Å². The molecule has 3 rings (SSSR count). The molecule has 1 amide bonds. The number of benzene rings is 2. The third kappa shape index (κ3) is 4.27. The Balaban J connectivity index is 1.78. The number of methoxy groups -OCH3 is 1. The lowest BCUT2D eigenvalue weighted by atomic mass is 10.2. The van der Waals surface area contributed by atoms with Gasteiger partial charge in [0.2, 0.25) is 0 Å². The number of nitrogens with one attached hydrogen (secondary N) is 1. The monoisotopic (exact) mass is 405 g/mol. The summed E-state index contributed by atoms with van der Waals surface area (Å²) in [5.41, 5.74) is 1.37. The third-order valence-corrected chi connectivity index (χ3v) is 4.97. The van der Waals surface area contributed by atoms with Gasteiger partial charge in [-0.05, 0) is 36.0 Å². The summed E-state index contributed by atoms with van der Waals surface area (Å²) in [6.45, 7) is 0. The van der Waals surface area contributed by atoms with Crippen molar-refractivity contribution in [3.8, 4) is 5.75 Å². The summed E-state index contributed by atoms with van der Waals surface area (Å²) < 4.78 is 5.29. The number of hydrogen-bond acceptors (Lipinski definition) is 5. The summed E-state index contributed by atoms with van der Waals surface area (Å²) in [4.78, 5) is 12.6. The van der Waals surface area contributed by atoms with Gasteiger partial charge in [-0.2, -0.15) is 5.10 Å². The lowest BCUT2D eigenvalue weighted by Crippen LogP contribution is -2.19. The second-order valence-electron chi connectivity index (χ2n) is 5.09. The number of hydrogen-bond donors (Lipinski definition) is 1. The molecule has 1 N–H and O–H groups in total. The Bertz CT molecular complexity index is 922. The Morgan fingerprint density at radius 3 is 2.58 bits per heavy atom. The van der Waals surface area contributed by atoms with Gasteiger partial charge in [-0.3, -0.25) is 10.1 Å². The van der Waals surface area contributed by atoms with Crippen LogP contribution in [0.4, 0.5) is 0 Å². The zero-order valence-corrected chi connectivity index (χ0v) is 15.9. The fourth-order valence-electron chi connectivity index (χ4n) is 2.18. The smallest absolute Gasteiger partial charge is 0.264 e. The fourth-order valence-corrected chi connectivity index (χ4v) is 3.44. The molecule has 1 heterocycles. The Hall–Kier alpha value is -2.28. The fraction of sp³-hybridized carbons (Fsp3) is 0.0556. The van der Waals surface area contributed by atoms with Gasteiger partial charge in [0.05, 0.1) is 28.3 Å². The van der Waals surface area contributed by atoms with Crippen molar-refractivity contribution < 1.29 is 9.53 Å². The molecule has 2 aromatic carbocycles. The number of nitrogens with zero attached hydrogens (tertiary/aromatic N) is 2. The first-order valence-corrected chi connectivity index (χ1v) is 9.04. The summed E-state index contributed by atoms with van der Waals surface area (Å²) in [5, 5.41) is 12.0. The molecule has 1 fully saturated rings. The summed E-state index contributed by atoms with van der Waals surface area (Å²) in [5.74, 6) is 0.441. The molecule has 0 aliphatic carbocycles. The van der Waals surface area contributed by atoms with E-state index in [2.05, 4.69) is 15.5 Å². The highest BCUT2D eigenvalue weighted by molar-refractivity contribution is 8.18. The molecule has 1 aliphatic rings. The van der Waals surface area contributed by atoms with E-state index in [0.717, 1.165) is 5.56 Å². The highest BCUT2D eigenvalue weighted by Crippen LogP contribution is 2.29. The molecule has 1 aliphatic heterocycles. The minimum absolute atomic E-state index is 0.245. The molecule has 2 aromatic rings. The highest BCUT2D eigenvalue weighted by atomic mass is 35.5. The molecule has 0 atom stereocenters. The van der Waals surface area contributed by atoms with Gasteiger partial charge in [0.25, 0.3) is 5.91 Å². The Morgan fingerprint density at radius 1 is 1.12 bits per heavy atom. The first kappa shape index (κ1) is 18.5. The molecule has 26 heavy (non-hydrogen) atoms. The van der Waals surface area contributed by atoms with E-state index in [0.29, 0.717) is 31.4 Å². The van der Waals surface area contributed by atoms with Crippen molar-refractivity contribution in [3.63, 3.8) is 0 Å². The van der Waals surface area contributed by atoms with Gasteiger partial charge in [-0.1, -0.05) is 47.5 Å². The predicted octanol–water partition coefficient (Wildman–Crippen LogP) is 4.60. The first-order chi connectivity index (χ1) is 12.6. The number of rotatable bonds is 4. The first-order valence-electron chi connectivity index (χ1n) is 7.47. The number of amidine groups is 1. The van der Waals surface area contributed by atoms with E-state index in [1.54, 1.807) is 31.4 Å². The molecule has 1 saturated heterocycles. The van der Waals surface area contributed by atoms with E-state index >= 15 is 0 Å². The molecule has 0 radical (unpaired) electrons. The SMILES string of the molecule is COc1ccccc1/C=C1/S/C(=N\N=C\c2c(Cl)cccc2Cl)NC1=O. The standard InChI is InChI=1S/C18H13Cl2N3O2S/c1-25-15-8-3-2-5-11(15)9-16-17(24)22-18(26-16)23-21-10-12-13(19)6-4-7-14(12)20/h2-10H,1H3,(H,22,23,24)/b16-9+,21-10+. The van der Waals surface area contributed by atoms with Crippen LogP contribution in [-0.4, -0.2) is 24.4 Å². The second kappa shape index (κ2) is 8.40. The Kier molecular flexibility index (Phi) is 5.98. The molecular formula is C18H13Cl2N3O2S. The predicted molar refractivity (Wildman–Crippen MR) is 108 cm³/mol. The van der Waals surface area contributed by atoms with Gasteiger partial charge in [0.1, 0.15) is 5.75 Å². The van der Waals surface area contributed by atoms with Crippen molar-refractivity contribution >= 4 is 58.3 Å². The summed E-state index contributed by atoms with van der Waals surface area (Å²) in [7, 11) is 1.58. The van der Waals surface area contributed by atoms with E-state index in [1.807, 2.05) is 24.3 Å². The number of halogens is 2. The summed E-state index contributed by atoms with van der Waals surface area (Å²) >= 11 is 13.3. The highest BCUT2D eigenvalue weighted by Gasteiger charge is 2.24. The van der Waals surface area contributed by atoms with E-state index < -0.39 is 0 Å². The Morgan fingerprint density at radius 2 is 1.85 bits per heavy atom. The lowest BCUT2D eigenvalue weighted by molar-refractivity contribution is -0.115. The summed E-state index contributed by atoms with van der Waals surface area (Å²) in [6, 6.07) is 12.6. The zero-order chi connectivity index (χ0) is 18.5. The number of thioether (sulfide) groups is 1. The molecule has 0 bridgehead atoms. The van der Waals surface area contributed by atoms with Crippen molar-refractivity contribution in [3.05, 3.63) is 68.5 Å². The van der Waals surface area contributed by atoms with Crippen molar-refractivity contribution in [2.24, 2.45) is 10.2 Å². The van der Waals surface area contributed by atoms with Crippen LogP contribution < -0.4 is 10.1 Å². The average Bonchev–Trinajstić information content (AvgIpc) is 2.97. The topological polar surface area (TPSA) is 63.1 Å². The maximum Gasteiger partial charge on any atom is 0.264 e. The van der Waals surface area contributed by atoms with Crippen molar-refractivity contribution in [1.29, 1.82) is 0 Å². The maximum atomic E-state index is 12.1. The lowest BCUT2D eigenvalue weighted by Gasteiger charge is -2.03. The van der Waals surface area contributed by atoms with E-state index in [4.69, 9.17) is 27.9 Å². The maximum absolute atomic E-state index is 12.1. The number of ether oxygens (including phenoxy) is 1. The zero-order valence-electron chi connectivity index (χ0n) is 13.6. The van der Waals surface area contributed by atoms with Gasteiger partial charge in [-0.15, -0.1) is 5.10 Å². The van der Waals surface area contributed by atoms with Crippen molar-refractivity contribution in [1.82, 2.24) is 5.32 Å². The van der Waals surface area contributed by atoms with Crippen LogP contribution in [0.2, 0.25) is 10.0 Å². The number of amides is 1. The molecular weight excluding hydrogens is 393 g/mol. The van der Waals surface area contributed by atoms with Gasteiger partial charge < -0.3 is 4.74 Å². The molecule has 132 valence electrons. The number of carbonyl (C=O) groups excluding carboxylic acids is 1. The quantitative estimate of drug-likeness (QED) is 0.459. The third-order valence-electron chi connectivity index (χ3n) is 3.41.